The third-order valence-electron chi connectivity index (χ3n) is 3.77. The molecule has 22 heavy (non-hydrogen) atoms. The van der Waals surface area contributed by atoms with Crippen LogP contribution in [-0.2, 0) is 0 Å². The highest BCUT2D eigenvalue weighted by molar-refractivity contribution is 6.13. The van der Waals surface area contributed by atoms with Gasteiger partial charge in [0.05, 0.1) is 0 Å². The Hall–Kier alpha value is -2.88. The van der Waals surface area contributed by atoms with Gasteiger partial charge in [-0.25, -0.2) is 0 Å². The van der Waals surface area contributed by atoms with Crippen molar-refractivity contribution in [2.24, 2.45) is 0 Å². The highest BCUT2D eigenvalue weighted by atomic mass is 16.1. The molecule has 1 amide bonds. The quantitative estimate of drug-likeness (QED) is 0.708. The van der Waals surface area contributed by atoms with Crippen molar-refractivity contribution >= 4 is 28.1 Å². The van der Waals surface area contributed by atoms with Crippen LogP contribution in [0.4, 0.5) is 11.4 Å². The Labute approximate surface area is 129 Å². The fourth-order valence-corrected chi connectivity index (χ4v) is 2.60. The standard InChI is InChI=1S/C18H17N3O/c1-11-5-3-6-12(2)16(11)21-18(22)17-14-7-4-8-15(19)13(14)9-10-20-17/h3-10H,19H2,1-2H3,(H,21,22). The van der Waals surface area contributed by atoms with Gasteiger partial charge < -0.3 is 11.1 Å². The molecular weight excluding hydrogens is 274 g/mol. The fourth-order valence-electron chi connectivity index (χ4n) is 2.60. The van der Waals surface area contributed by atoms with Gasteiger partial charge in [0.1, 0.15) is 5.69 Å². The molecule has 0 aliphatic rings. The monoisotopic (exact) mass is 291 g/mol. The summed E-state index contributed by atoms with van der Waals surface area (Å²) in [7, 11) is 0. The van der Waals surface area contributed by atoms with Crippen molar-refractivity contribution in [3.8, 4) is 0 Å². The molecule has 3 aromatic rings. The SMILES string of the molecule is Cc1cccc(C)c1NC(=O)c1nccc2c(N)cccc12. The van der Waals surface area contributed by atoms with Gasteiger partial charge >= 0.3 is 0 Å². The van der Waals surface area contributed by atoms with Crippen LogP contribution in [0.3, 0.4) is 0 Å². The van der Waals surface area contributed by atoms with Crippen LogP contribution in [0.2, 0.25) is 0 Å². The minimum atomic E-state index is -0.228. The number of nitrogens with two attached hydrogens (primary N) is 1. The first-order valence-corrected chi connectivity index (χ1v) is 7.08. The van der Waals surface area contributed by atoms with Crippen LogP contribution in [0.15, 0.2) is 48.7 Å². The van der Waals surface area contributed by atoms with E-state index in [4.69, 9.17) is 5.73 Å². The van der Waals surface area contributed by atoms with E-state index in [1.54, 1.807) is 6.20 Å². The van der Waals surface area contributed by atoms with Crippen molar-refractivity contribution in [1.29, 1.82) is 0 Å². The summed E-state index contributed by atoms with van der Waals surface area (Å²) in [6.45, 7) is 3.94. The van der Waals surface area contributed by atoms with Crippen LogP contribution < -0.4 is 11.1 Å². The maximum Gasteiger partial charge on any atom is 0.274 e. The van der Waals surface area contributed by atoms with Gasteiger partial charge in [0, 0.05) is 28.3 Å². The van der Waals surface area contributed by atoms with Gasteiger partial charge in [-0.15, -0.1) is 0 Å². The van der Waals surface area contributed by atoms with Crippen LogP contribution in [0.5, 0.6) is 0 Å². The molecule has 3 N–H and O–H groups in total. The van der Waals surface area contributed by atoms with E-state index in [0.29, 0.717) is 11.4 Å². The Morgan fingerprint density at radius 1 is 1.00 bits per heavy atom. The van der Waals surface area contributed by atoms with Crippen LogP contribution in [0.1, 0.15) is 21.6 Å². The normalized spacial score (nSPS) is 10.6. The van der Waals surface area contributed by atoms with E-state index in [1.165, 1.54) is 0 Å². The maximum absolute atomic E-state index is 12.6. The van der Waals surface area contributed by atoms with Crippen LogP contribution in [0, 0.1) is 13.8 Å². The summed E-state index contributed by atoms with van der Waals surface area (Å²) in [5, 5.41) is 4.56. The van der Waals surface area contributed by atoms with Crippen molar-refractivity contribution in [1.82, 2.24) is 4.98 Å². The number of benzene rings is 2. The Bertz CT molecular complexity index is 851. The van der Waals surface area contributed by atoms with Crippen molar-refractivity contribution < 1.29 is 4.79 Å². The average Bonchev–Trinajstić information content (AvgIpc) is 2.51. The molecule has 0 aliphatic heterocycles. The number of carbonyl (C=O) groups is 1. The van der Waals surface area contributed by atoms with Gasteiger partial charge in [0.15, 0.2) is 0 Å². The summed E-state index contributed by atoms with van der Waals surface area (Å²) >= 11 is 0. The molecule has 1 heterocycles. The van der Waals surface area contributed by atoms with E-state index in [1.807, 2.05) is 56.3 Å². The molecule has 0 fully saturated rings. The molecule has 3 rings (SSSR count). The van der Waals surface area contributed by atoms with Crippen LogP contribution in [0.25, 0.3) is 10.8 Å². The molecule has 0 aliphatic carbocycles. The number of aryl methyl sites for hydroxylation is 2. The predicted octanol–water partition coefficient (Wildman–Crippen LogP) is 3.69. The number of pyridine rings is 1. The van der Waals surface area contributed by atoms with E-state index in [2.05, 4.69) is 10.3 Å². The lowest BCUT2D eigenvalue weighted by molar-refractivity contribution is 0.102. The van der Waals surface area contributed by atoms with E-state index >= 15 is 0 Å². The number of fused-ring (bicyclic) bond motifs is 1. The molecule has 0 unspecified atom stereocenters. The molecular formula is C18H17N3O. The smallest absolute Gasteiger partial charge is 0.274 e. The first-order valence-electron chi connectivity index (χ1n) is 7.08. The molecule has 0 saturated carbocycles. The summed E-state index contributed by atoms with van der Waals surface area (Å²) in [6, 6.07) is 13.2. The third-order valence-corrected chi connectivity index (χ3v) is 3.77. The minimum Gasteiger partial charge on any atom is -0.398 e. The molecule has 0 saturated heterocycles. The van der Waals surface area contributed by atoms with Crippen LogP contribution in [-0.4, -0.2) is 10.9 Å². The van der Waals surface area contributed by atoms with Gasteiger partial charge in [-0.1, -0.05) is 30.3 Å². The summed E-state index contributed by atoms with van der Waals surface area (Å²) in [4.78, 5) is 16.9. The number of hydrogen-bond acceptors (Lipinski definition) is 3. The Morgan fingerprint density at radius 3 is 2.41 bits per heavy atom. The number of aromatic nitrogens is 1. The summed E-state index contributed by atoms with van der Waals surface area (Å²) < 4.78 is 0. The number of nitrogens with zero attached hydrogens (tertiary/aromatic N) is 1. The summed E-state index contributed by atoms with van der Waals surface area (Å²) in [5.41, 5.74) is 9.86. The lowest BCUT2D eigenvalue weighted by atomic mass is 10.1. The van der Waals surface area contributed by atoms with Gasteiger partial charge in [0.25, 0.3) is 5.91 Å². The van der Waals surface area contributed by atoms with Gasteiger partial charge in [-0.05, 0) is 37.1 Å². The number of carbonyl (C=O) groups excluding carboxylic acids is 1. The number of rotatable bonds is 2. The first-order chi connectivity index (χ1) is 10.6. The van der Waals surface area contributed by atoms with Gasteiger partial charge in [-0.3, -0.25) is 9.78 Å². The topological polar surface area (TPSA) is 68.0 Å². The number of amides is 1. The molecule has 1 aromatic heterocycles. The highest BCUT2D eigenvalue weighted by Gasteiger charge is 2.14. The Balaban J connectivity index is 2.05. The number of para-hydroxylation sites is 1. The molecule has 110 valence electrons. The zero-order valence-corrected chi connectivity index (χ0v) is 12.6. The highest BCUT2D eigenvalue weighted by Crippen LogP contribution is 2.25. The molecule has 0 spiro atoms. The van der Waals surface area contributed by atoms with E-state index in [-0.39, 0.29) is 5.91 Å². The molecule has 2 aromatic carbocycles. The van der Waals surface area contributed by atoms with E-state index in [9.17, 15) is 4.79 Å². The summed E-state index contributed by atoms with van der Waals surface area (Å²) in [6.07, 6.45) is 1.61. The molecule has 4 nitrogen and oxygen atoms in total. The second-order valence-electron chi connectivity index (χ2n) is 5.32. The second kappa shape index (κ2) is 5.48. The maximum atomic E-state index is 12.6. The van der Waals surface area contributed by atoms with Gasteiger partial charge in [-0.2, -0.15) is 0 Å². The fraction of sp³-hybridized carbons (Fsp3) is 0.111. The van der Waals surface area contributed by atoms with Crippen molar-refractivity contribution in [2.45, 2.75) is 13.8 Å². The zero-order chi connectivity index (χ0) is 15.7. The number of hydrogen-bond donors (Lipinski definition) is 2. The van der Waals surface area contributed by atoms with Gasteiger partial charge in [0.2, 0.25) is 0 Å². The van der Waals surface area contributed by atoms with E-state index < -0.39 is 0 Å². The molecule has 4 heteroatoms. The lowest BCUT2D eigenvalue weighted by Gasteiger charge is -2.12. The molecule has 0 radical (unpaired) electrons. The number of anilines is 2. The summed E-state index contributed by atoms with van der Waals surface area (Å²) in [5.74, 6) is -0.228. The van der Waals surface area contributed by atoms with Crippen molar-refractivity contribution in [3.63, 3.8) is 0 Å². The zero-order valence-electron chi connectivity index (χ0n) is 12.6. The Kier molecular flexibility index (Phi) is 3.51. The third kappa shape index (κ3) is 2.39. The predicted molar refractivity (Wildman–Crippen MR) is 90.0 cm³/mol. The van der Waals surface area contributed by atoms with Crippen molar-refractivity contribution in [2.75, 3.05) is 11.1 Å². The average molecular weight is 291 g/mol. The number of nitrogens with one attached hydrogen (secondary N) is 1. The Morgan fingerprint density at radius 2 is 1.68 bits per heavy atom. The number of nitrogen functional groups attached to an aromatic ring is 1. The van der Waals surface area contributed by atoms with Crippen molar-refractivity contribution in [3.05, 3.63) is 65.5 Å². The molecule has 0 bridgehead atoms. The minimum absolute atomic E-state index is 0.228. The van der Waals surface area contributed by atoms with Crippen LogP contribution >= 0.6 is 0 Å². The van der Waals surface area contributed by atoms with E-state index in [0.717, 1.165) is 27.6 Å². The lowest BCUT2D eigenvalue weighted by Crippen LogP contribution is -2.15. The second-order valence-corrected chi connectivity index (χ2v) is 5.32. The largest absolute Gasteiger partial charge is 0.398 e. The first kappa shape index (κ1) is 14.1. The molecule has 0 atom stereocenters.